The van der Waals surface area contributed by atoms with Crippen LogP contribution in [0.2, 0.25) is 0 Å². The number of hydrogen-bond donors (Lipinski definition) is 1. The molecule has 0 aliphatic heterocycles. The van der Waals surface area contributed by atoms with Crippen molar-refractivity contribution < 1.29 is 14.3 Å². The molecule has 0 saturated carbocycles. The third-order valence-electron chi connectivity index (χ3n) is 3.13. The van der Waals surface area contributed by atoms with Gasteiger partial charge in [-0.3, -0.25) is 9.59 Å². The first-order valence-electron chi connectivity index (χ1n) is 7.04. The largest absolute Gasteiger partial charge is 0.484 e. The molecule has 120 valence electrons. The maximum absolute atomic E-state index is 12.3. The Morgan fingerprint density at radius 1 is 1.26 bits per heavy atom. The van der Waals surface area contributed by atoms with Crippen LogP contribution in [0.4, 0.5) is 0 Å². The maximum Gasteiger partial charge on any atom is 0.261 e. The summed E-state index contributed by atoms with van der Waals surface area (Å²) in [5.74, 6) is -0.115. The maximum atomic E-state index is 12.3. The molecule has 2 aromatic rings. The summed E-state index contributed by atoms with van der Waals surface area (Å²) in [5.41, 5.74) is 5.57. The van der Waals surface area contributed by atoms with Crippen molar-refractivity contribution in [2.24, 2.45) is 5.73 Å². The number of benzene rings is 1. The van der Waals surface area contributed by atoms with Crippen molar-refractivity contribution in [3.05, 3.63) is 64.9 Å². The molecular weight excluding hydrogens is 312 g/mol. The van der Waals surface area contributed by atoms with E-state index >= 15 is 0 Å². The van der Waals surface area contributed by atoms with Crippen molar-refractivity contribution in [3.63, 3.8) is 0 Å². The van der Waals surface area contributed by atoms with Crippen LogP contribution >= 0.6 is 11.3 Å². The van der Waals surface area contributed by atoms with Crippen molar-refractivity contribution >= 4 is 23.2 Å². The second-order valence-electron chi connectivity index (χ2n) is 4.82. The number of carbonyl (C=O) groups excluding carboxylic acids is 2. The molecule has 0 aliphatic rings. The van der Waals surface area contributed by atoms with Gasteiger partial charge < -0.3 is 15.4 Å². The molecule has 0 radical (unpaired) electrons. The molecule has 2 amide bonds. The number of nitrogens with zero attached hydrogens (tertiary/aromatic N) is 1. The lowest BCUT2D eigenvalue weighted by Crippen LogP contribution is -2.34. The molecule has 0 spiro atoms. The van der Waals surface area contributed by atoms with Gasteiger partial charge in [0.25, 0.3) is 5.91 Å². The van der Waals surface area contributed by atoms with Gasteiger partial charge in [-0.15, -0.1) is 17.9 Å². The van der Waals surface area contributed by atoms with Gasteiger partial charge in [0.2, 0.25) is 5.91 Å². The third kappa shape index (κ3) is 4.96. The Bertz CT molecular complexity index is 666. The molecule has 2 rings (SSSR count). The molecule has 0 aliphatic carbocycles. The zero-order valence-electron chi connectivity index (χ0n) is 12.6. The van der Waals surface area contributed by atoms with E-state index in [1.165, 1.54) is 0 Å². The minimum absolute atomic E-state index is 0.0743. The van der Waals surface area contributed by atoms with E-state index in [4.69, 9.17) is 10.5 Å². The molecule has 0 bridgehead atoms. The number of ether oxygens (including phenoxy) is 1. The molecule has 0 saturated heterocycles. The second-order valence-corrected chi connectivity index (χ2v) is 5.85. The van der Waals surface area contributed by atoms with Crippen LogP contribution in [-0.2, 0) is 11.3 Å². The molecule has 1 aromatic heterocycles. The van der Waals surface area contributed by atoms with Crippen molar-refractivity contribution in [3.8, 4) is 5.75 Å². The van der Waals surface area contributed by atoms with Gasteiger partial charge >= 0.3 is 0 Å². The van der Waals surface area contributed by atoms with Crippen molar-refractivity contribution in [2.45, 2.75) is 6.54 Å². The molecule has 1 heterocycles. The number of rotatable bonds is 8. The number of thiophene rings is 1. The Balaban J connectivity index is 1.92. The minimum atomic E-state index is -0.499. The van der Waals surface area contributed by atoms with Crippen LogP contribution in [0.25, 0.3) is 0 Å². The summed E-state index contributed by atoms with van der Waals surface area (Å²) in [6.45, 7) is 4.60. The molecule has 0 atom stereocenters. The fourth-order valence-corrected chi connectivity index (χ4v) is 2.67. The molecule has 0 fully saturated rings. The second kappa shape index (κ2) is 8.14. The highest BCUT2D eigenvalue weighted by atomic mass is 32.1. The summed E-state index contributed by atoms with van der Waals surface area (Å²) >= 11 is 1.60. The molecular formula is C17H18N2O3S. The van der Waals surface area contributed by atoms with Crippen LogP contribution < -0.4 is 10.5 Å². The lowest BCUT2D eigenvalue weighted by Gasteiger charge is -2.20. The Kier molecular flexibility index (Phi) is 5.94. The number of amides is 2. The van der Waals surface area contributed by atoms with E-state index in [2.05, 4.69) is 6.58 Å². The average molecular weight is 330 g/mol. The van der Waals surface area contributed by atoms with Crippen LogP contribution in [0, 0.1) is 0 Å². The highest BCUT2D eigenvalue weighted by molar-refractivity contribution is 7.09. The molecule has 6 heteroatoms. The summed E-state index contributed by atoms with van der Waals surface area (Å²) in [7, 11) is 0. The van der Waals surface area contributed by atoms with Gasteiger partial charge in [-0.25, -0.2) is 0 Å². The van der Waals surface area contributed by atoms with Crippen molar-refractivity contribution in [1.29, 1.82) is 0 Å². The molecule has 0 unspecified atom stereocenters. The summed E-state index contributed by atoms with van der Waals surface area (Å²) in [6, 6.07) is 10.3. The fraction of sp³-hybridized carbons (Fsp3) is 0.176. The highest BCUT2D eigenvalue weighted by Crippen LogP contribution is 2.14. The van der Waals surface area contributed by atoms with Gasteiger partial charge in [0.1, 0.15) is 5.75 Å². The van der Waals surface area contributed by atoms with E-state index in [-0.39, 0.29) is 12.5 Å². The molecule has 5 nitrogen and oxygen atoms in total. The SMILES string of the molecule is C=CCN(Cc1cccs1)C(=O)COc1ccc(C(N)=O)cc1. The van der Waals surface area contributed by atoms with Gasteiger partial charge in [0, 0.05) is 17.0 Å². The topological polar surface area (TPSA) is 72.6 Å². The lowest BCUT2D eigenvalue weighted by molar-refractivity contribution is -0.133. The first kappa shape index (κ1) is 16.8. The smallest absolute Gasteiger partial charge is 0.261 e. The summed E-state index contributed by atoms with van der Waals surface area (Å²) < 4.78 is 5.47. The van der Waals surface area contributed by atoms with E-state index < -0.39 is 5.91 Å². The Labute approximate surface area is 139 Å². The van der Waals surface area contributed by atoms with E-state index in [1.807, 2.05) is 17.5 Å². The van der Waals surface area contributed by atoms with E-state index in [9.17, 15) is 9.59 Å². The average Bonchev–Trinajstić information content (AvgIpc) is 3.05. The van der Waals surface area contributed by atoms with Gasteiger partial charge in [0.05, 0.1) is 6.54 Å². The van der Waals surface area contributed by atoms with Gasteiger partial charge in [-0.05, 0) is 35.7 Å². The fourth-order valence-electron chi connectivity index (χ4n) is 1.95. The predicted octanol–water partition coefficient (Wildman–Crippen LogP) is 2.44. The van der Waals surface area contributed by atoms with Crippen LogP contribution in [0.15, 0.2) is 54.4 Å². The van der Waals surface area contributed by atoms with Crippen LogP contribution in [0.5, 0.6) is 5.75 Å². The Hall–Kier alpha value is -2.60. The minimum Gasteiger partial charge on any atom is -0.484 e. The van der Waals surface area contributed by atoms with Crippen molar-refractivity contribution in [2.75, 3.05) is 13.2 Å². The molecule has 23 heavy (non-hydrogen) atoms. The Morgan fingerprint density at radius 3 is 2.57 bits per heavy atom. The van der Waals surface area contributed by atoms with Gasteiger partial charge in [-0.1, -0.05) is 12.1 Å². The van der Waals surface area contributed by atoms with Gasteiger partial charge in [-0.2, -0.15) is 0 Å². The van der Waals surface area contributed by atoms with E-state index in [0.29, 0.717) is 24.4 Å². The summed E-state index contributed by atoms with van der Waals surface area (Å²) in [5, 5.41) is 1.97. The zero-order valence-corrected chi connectivity index (χ0v) is 13.4. The molecule has 1 aromatic carbocycles. The van der Waals surface area contributed by atoms with E-state index in [0.717, 1.165) is 4.88 Å². The standard InChI is InChI=1S/C17H18N2O3S/c1-2-9-19(11-15-4-3-10-23-15)16(20)12-22-14-7-5-13(6-8-14)17(18)21/h2-8,10H,1,9,11-12H2,(H2,18,21). The first-order valence-corrected chi connectivity index (χ1v) is 7.92. The van der Waals surface area contributed by atoms with Gasteiger partial charge in [0.15, 0.2) is 6.61 Å². The van der Waals surface area contributed by atoms with E-state index in [1.54, 1.807) is 46.6 Å². The summed E-state index contributed by atoms with van der Waals surface area (Å²) in [4.78, 5) is 26.1. The Morgan fingerprint density at radius 2 is 2.00 bits per heavy atom. The van der Waals surface area contributed by atoms with Crippen LogP contribution in [-0.4, -0.2) is 29.9 Å². The van der Waals surface area contributed by atoms with Crippen molar-refractivity contribution in [1.82, 2.24) is 4.90 Å². The number of hydrogen-bond acceptors (Lipinski definition) is 4. The van der Waals surface area contributed by atoms with Crippen LogP contribution in [0.1, 0.15) is 15.2 Å². The number of carbonyl (C=O) groups is 2. The number of primary amides is 1. The quantitative estimate of drug-likeness (QED) is 0.756. The molecule has 2 N–H and O–H groups in total. The third-order valence-corrected chi connectivity index (χ3v) is 3.99. The normalized spacial score (nSPS) is 10.1. The summed E-state index contributed by atoms with van der Waals surface area (Å²) in [6.07, 6.45) is 1.69. The lowest BCUT2D eigenvalue weighted by atomic mass is 10.2. The van der Waals surface area contributed by atoms with Crippen LogP contribution in [0.3, 0.4) is 0 Å². The first-order chi connectivity index (χ1) is 11.1. The zero-order chi connectivity index (χ0) is 16.7. The highest BCUT2D eigenvalue weighted by Gasteiger charge is 2.14. The monoisotopic (exact) mass is 330 g/mol. The predicted molar refractivity (Wildman–Crippen MR) is 90.4 cm³/mol. The number of nitrogens with two attached hydrogens (primary N) is 1.